The van der Waals surface area contributed by atoms with Crippen molar-refractivity contribution in [2.24, 2.45) is 5.92 Å². The van der Waals surface area contributed by atoms with E-state index in [0.717, 1.165) is 32.1 Å². The Morgan fingerprint density at radius 2 is 1.67 bits per heavy atom. The van der Waals surface area contributed by atoms with Crippen LogP contribution in [0.5, 0.6) is 11.5 Å². The van der Waals surface area contributed by atoms with E-state index in [0.29, 0.717) is 0 Å². The quantitative estimate of drug-likeness (QED) is 0.678. The average molecular weight is 293 g/mol. The second kappa shape index (κ2) is 6.47. The van der Waals surface area contributed by atoms with Crippen molar-refractivity contribution in [2.45, 2.75) is 38.1 Å². The van der Waals surface area contributed by atoms with E-state index in [1.165, 1.54) is 18.2 Å². The summed E-state index contributed by atoms with van der Waals surface area (Å²) < 4.78 is 0. The van der Waals surface area contributed by atoms with Gasteiger partial charge in [0.05, 0.1) is 0 Å². The van der Waals surface area contributed by atoms with Gasteiger partial charge in [-0.1, -0.05) is 25.3 Å². The van der Waals surface area contributed by atoms with Crippen molar-refractivity contribution in [3.8, 4) is 11.5 Å². The van der Waals surface area contributed by atoms with Gasteiger partial charge in [0.1, 0.15) is 23.1 Å². The fourth-order valence-electron chi connectivity index (χ4n) is 2.82. The van der Waals surface area contributed by atoms with Gasteiger partial charge in [-0.25, -0.2) is 4.79 Å². The summed E-state index contributed by atoms with van der Waals surface area (Å²) in [6, 6.07) is 2.93. The maximum Gasteiger partial charge on any atom is 0.326 e. The van der Waals surface area contributed by atoms with Crippen LogP contribution >= 0.6 is 0 Å². The molecule has 1 aliphatic carbocycles. The summed E-state index contributed by atoms with van der Waals surface area (Å²) >= 11 is 0. The first-order valence-electron chi connectivity index (χ1n) is 7.05. The standard InChI is InChI=1S/C15H19NO5/c17-10-7-4-8-11(18)12(10)14(19)16-13(15(20)21)9-5-2-1-3-6-9/h4,7-9,13,17-18H,1-3,5-6H2,(H,16,19)(H,20,21). The van der Waals surface area contributed by atoms with E-state index in [1.807, 2.05) is 0 Å². The van der Waals surface area contributed by atoms with Crippen LogP contribution in [0.25, 0.3) is 0 Å². The molecule has 1 saturated carbocycles. The number of hydrogen-bond acceptors (Lipinski definition) is 4. The van der Waals surface area contributed by atoms with E-state index in [-0.39, 0.29) is 23.0 Å². The van der Waals surface area contributed by atoms with Gasteiger partial charge in [0.15, 0.2) is 0 Å². The minimum atomic E-state index is -1.09. The highest BCUT2D eigenvalue weighted by molar-refractivity contribution is 6.01. The molecular formula is C15H19NO5. The number of carboxylic acid groups (broad SMARTS) is 1. The van der Waals surface area contributed by atoms with Gasteiger partial charge in [0, 0.05) is 0 Å². The van der Waals surface area contributed by atoms with Gasteiger partial charge in [0.2, 0.25) is 0 Å². The summed E-state index contributed by atoms with van der Waals surface area (Å²) in [6.07, 6.45) is 4.49. The van der Waals surface area contributed by atoms with Gasteiger partial charge >= 0.3 is 5.97 Å². The van der Waals surface area contributed by atoms with Crippen molar-refractivity contribution in [1.82, 2.24) is 5.32 Å². The predicted octanol–water partition coefficient (Wildman–Crippen LogP) is 1.86. The van der Waals surface area contributed by atoms with E-state index in [1.54, 1.807) is 0 Å². The highest BCUT2D eigenvalue weighted by atomic mass is 16.4. The van der Waals surface area contributed by atoms with Gasteiger partial charge in [0.25, 0.3) is 5.91 Å². The largest absolute Gasteiger partial charge is 0.507 e. The summed E-state index contributed by atoms with van der Waals surface area (Å²) in [5.41, 5.74) is -0.292. The number of phenolic OH excluding ortho intramolecular Hbond substituents is 2. The average Bonchev–Trinajstić information content (AvgIpc) is 2.45. The molecule has 1 atom stereocenters. The van der Waals surface area contributed by atoms with Crippen LogP contribution in [0.3, 0.4) is 0 Å². The Hall–Kier alpha value is -2.24. The number of phenols is 2. The molecule has 6 heteroatoms. The smallest absolute Gasteiger partial charge is 0.326 e. The number of nitrogens with one attached hydrogen (secondary N) is 1. The van der Waals surface area contributed by atoms with Gasteiger partial charge in [-0.2, -0.15) is 0 Å². The molecule has 1 amide bonds. The van der Waals surface area contributed by atoms with Crippen molar-refractivity contribution in [3.05, 3.63) is 23.8 Å². The first kappa shape index (κ1) is 15.2. The molecule has 6 nitrogen and oxygen atoms in total. The third-order valence-electron chi connectivity index (χ3n) is 3.92. The van der Waals surface area contributed by atoms with Crippen LogP contribution in [0, 0.1) is 5.92 Å². The molecule has 21 heavy (non-hydrogen) atoms. The number of hydrogen-bond donors (Lipinski definition) is 4. The fraction of sp³-hybridized carbons (Fsp3) is 0.467. The normalized spacial score (nSPS) is 17.1. The molecule has 114 valence electrons. The molecule has 0 bridgehead atoms. The maximum atomic E-state index is 12.1. The van der Waals surface area contributed by atoms with E-state index in [4.69, 9.17) is 0 Å². The summed E-state index contributed by atoms with van der Waals surface area (Å²) in [7, 11) is 0. The summed E-state index contributed by atoms with van der Waals surface area (Å²) in [6.45, 7) is 0. The number of carbonyl (C=O) groups is 2. The molecule has 0 radical (unpaired) electrons. The Morgan fingerprint density at radius 3 is 2.19 bits per heavy atom. The van der Waals surface area contributed by atoms with Crippen molar-refractivity contribution >= 4 is 11.9 Å². The molecule has 1 unspecified atom stereocenters. The van der Waals surface area contributed by atoms with E-state index >= 15 is 0 Å². The van der Waals surface area contributed by atoms with Gasteiger partial charge in [-0.3, -0.25) is 4.79 Å². The van der Waals surface area contributed by atoms with Crippen LogP contribution in [-0.4, -0.2) is 33.2 Å². The Morgan fingerprint density at radius 1 is 1.10 bits per heavy atom. The van der Waals surface area contributed by atoms with Crippen LogP contribution in [0.2, 0.25) is 0 Å². The topological polar surface area (TPSA) is 107 Å². The first-order valence-corrected chi connectivity index (χ1v) is 7.05. The van der Waals surface area contributed by atoms with E-state index < -0.39 is 17.9 Å². The molecule has 0 heterocycles. The monoisotopic (exact) mass is 293 g/mol. The van der Waals surface area contributed by atoms with Crippen molar-refractivity contribution < 1.29 is 24.9 Å². The number of carboxylic acids is 1. The molecule has 0 saturated heterocycles. The number of amides is 1. The number of benzene rings is 1. The van der Waals surface area contributed by atoms with Crippen LogP contribution in [0.1, 0.15) is 42.5 Å². The van der Waals surface area contributed by atoms with Crippen molar-refractivity contribution in [3.63, 3.8) is 0 Å². The summed E-state index contributed by atoms with van der Waals surface area (Å²) in [5.74, 6) is -2.73. The van der Waals surface area contributed by atoms with E-state index in [2.05, 4.69) is 5.32 Å². The van der Waals surface area contributed by atoms with Crippen LogP contribution < -0.4 is 5.32 Å². The van der Waals surface area contributed by atoms with E-state index in [9.17, 15) is 24.9 Å². The lowest BCUT2D eigenvalue weighted by atomic mass is 9.84. The minimum Gasteiger partial charge on any atom is -0.507 e. The molecule has 4 N–H and O–H groups in total. The van der Waals surface area contributed by atoms with Crippen LogP contribution in [0.15, 0.2) is 18.2 Å². The third-order valence-corrected chi connectivity index (χ3v) is 3.92. The fourth-order valence-corrected chi connectivity index (χ4v) is 2.82. The number of rotatable bonds is 4. The third kappa shape index (κ3) is 3.45. The molecule has 0 aromatic heterocycles. The SMILES string of the molecule is O=C(NC(C(=O)O)C1CCCCC1)c1c(O)cccc1O. The lowest BCUT2D eigenvalue weighted by molar-refractivity contribution is -0.141. The number of aromatic hydroxyl groups is 2. The first-order chi connectivity index (χ1) is 10.0. The van der Waals surface area contributed by atoms with Crippen LogP contribution in [0.4, 0.5) is 0 Å². The lowest BCUT2D eigenvalue weighted by Crippen LogP contribution is -2.46. The molecule has 1 aliphatic rings. The molecule has 0 aliphatic heterocycles. The zero-order valence-electron chi connectivity index (χ0n) is 11.6. The Balaban J connectivity index is 2.16. The second-order valence-electron chi connectivity index (χ2n) is 5.36. The molecule has 1 fully saturated rings. The van der Waals surface area contributed by atoms with Crippen molar-refractivity contribution in [1.29, 1.82) is 0 Å². The summed E-state index contributed by atoms with van der Waals surface area (Å²) in [5, 5.41) is 31.1. The van der Waals surface area contributed by atoms with Gasteiger partial charge in [-0.15, -0.1) is 0 Å². The minimum absolute atomic E-state index is 0.117. The Bertz CT molecular complexity index is 517. The maximum absolute atomic E-state index is 12.1. The molecule has 1 aromatic carbocycles. The highest BCUT2D eigenvalue weighted by Crippen LogP contribution is 2.29. The number of carbonyl (C=O) groups excluding carboxylic acids is 1. The zero-order chi connectivity index (χ0) is 15.4. The van der Waals surface area contributed by atoms with Crippen LogP contribution in [-0.2, 0) is 4.79 Å². The highest BCUT2D eigenvalue weighted by Gasteiger charge is 2.32. The zero-order valence-corrected chi connectivity index (χ0v) is 11.6. The molecular weight excluding hydrogens is 274 g/mol. The predicted molar refractivity (Wildman–Crippen MR) is 75.2 cm³/mol. The Labute approximate surface area is 122 Å². The summed E-state index contributed by atoms with van der Waals surface area (Å²) in [4.78, 5) is 23.5. The lowest BCUT2D eigenvalue weighted by Gasteiger charge is -2.28. The molecule has 2 rings (SSSR count). The molecule has 0 spiro atoms. The molecule has 1 aromatic rings. The van der Waals surface area contributed by atoms with Gasteiger partial charge < -0.3 is 20.6 Å². The van der Waals surface area contributed by atoms with Gasteiger partial charge in [-0.05, 0) is 30.9 Å². The Kier molecular flexibility index (Phi) is 4.67. The number of aliphatic carboxylic acids is 1. The van der Waals surface area contributed by atoms with Crippen molar-refractivity contribution in [2.75, 3.05) is 0 Å². The second-order valence-corrected chi connectivity index (χ2v) is 5.36.